The Morgan fingerprint density at radius 2 is 1.79 bits per heavy atom. The van der Waals surface area contributed by atoms with E-state index in [2.05, 4.69) is 16.3 Å². The average Bonchev–Trinajstić information content (AvgIpc) is 2.39. The molecule has 2 nitrogen and oxygen atoms in total. The van der Waals surface area contributed by atoms with Crippen LogP contribution in [0.4, 0.5) is 15.8 Å². The summed E-state index contributed by atoms with van der Waals surface area (Å²) in [6.45, 7) is 2.03. The van der Waals surface area contributed by atoms with Crippen molar-refractivity contribution in [3.8, 4) is 0 Å². The predicted molar refractivity (Wildman–Crippen MR) is 79.2 cm³/mol. The Morgan fingerprint density at radius 1 is 1.05 bits per heavy atom. The zero-order chi connectivity index (χ0) is 13.8. The minimum absolute atomic E-state index is 0.0526. The summed E-state index contributed by atoms with van der Waals surface area (Å²) in [4.78, 5) is 2.06. The van der Waals surface area contributed by atoms with E-state index < -0.39 is 0 Å². The summed E-state index contributed by atoms with van der Waals surface area (Å²) < 4.78 is 13.2. The van der Waals surface area contributed by atoms with Crippen molar-refractivity contribution in [2.24, 2.45) is 0 Å². The smallest absolute Gasteiger partial charge is 0.123 e. The maximum Gasteiger partial charge on any atom is 0.123 e. The highest BCUT2D eigenvalue weighted by atomic mass is 19.1. The summed E-state index contributed by atoms with van der Waals surface area (Å²) >= 11 is 0. The highest BCUT2D eigenvalue weighted by Crippen LogP contribution is 2.27. The number of benzene rings is 2. The molecular formula is C16H19FN2. The Hall–Kier alpha value is -2.03. The largest absolute Gasteiger partial charge is 0.377 e. The number of halogens is 1. The van der Waals surface area contributed by atoms with E-state index in [9.17, 15) is 4.39 Å². The highest BCUT2D eigenvalue weighted by Gasteiger charge is 2.09. The number of anilines is 2. The summed E-state index contributed by atoms with van der Waals surface area (Å²) in [5.41, 5.74) is 3.10. The van der Waals surface area contributed by atoms with Gasteiger partial charge in [0.05, 0.1) is 11.4 Å². The molecule has 0 spiro atoms. The standard InChI is InChI=1S/C16H19FN2/c1-12(13-7-6-8-14(17)11-13)18-15-9-4-5-10-16(15)19(2)3/h4-12,18H,1-3H3. The van der Waals surface area contributed by atoms with Crippen molar-refractivity contribution in [3.63, 3.8) is 0 Å². The lowest BCUT2D eigenvalue weighted by Crippen LogP contribution is -2.14. The number of hydrogen-bond donors (Lipinski definition) is 1. The van der Waals surface area contributed by atoms with Gasteiger partial charge in [-0.2, -0.15) is 0 Å². The fourth-order valence-electron chi connectivity index (χ4n) is 2.08. The molecule has 0 amide bonds. The molecule has 0 aliphatic carbocycles. The topological polar surface area (TPSA) is 15.3 Å². The molecule has 0 bridgehead atoms. The van der Waals surface area contributed by atoms with E-state index in [1.54, 1.807) is 12.1 Å². The molecule has 0 saturated carbocycles. The maximum absolute atomic E-state index is 13.2. The Bertz CT molecular complexity index is 552. The van der Waals surface area contributed by atoms with Crippen molar-refractivity contribution < 1.29 is 4.39 Å². The Labute approximate surface area is 113 Å². The molecule has 1 atom stereocenters. The van der Waals surface area contributed by atoms with Crippen LogP contribution < -0.4 is 10.2 Å². The third-order valence-electron chi connectivity index (χ3n) is 3.11. The summed E-state index contributed by atoms with van der Waals surface area (Å²) in [5, 5.41) is 3.43. The molecule has 2 aromatic rings. The number of rotatable bonds is 4. The Morgan fingerprint density at radius 3 is 2.47 bits per heavy atom. The lowest BCUT2D eigenvalue weighted by atomic mass is 10.1. The van der Waals surface area contributed by atoms with Crippen LogP contribution >= 0.6 is 0 Å². The fourth-order valence-corrected chi connectivity index (χ4v) is 2.08. The van der Waals surface area contributed by atoms with Crippen LogP contribution in [-0.4, -0.2) is 14.1 Å². The summed E-state index contributed by atoms with van der Waals surface area (Å²) in [6.07, 6.45) is 0. The minimum Gasteiger partial charge on any atom is -0.377 e. The van der Waals surface area contributed by atoms with Gasteiger partial charge in [-0.05, 0) is 36.8 Å². The summed E-state index contributed by atoms with van der Waals surface area (Å²) in [7, 11) is 4.01. The third-order valence-corrected chi connectivity index (χ3v) is 3.11. The first-order chi connectivity index (χ1) is 9.08. The second-order valence-corrected chi connectivity index (χ2v) is 4.83. The van der Waals surface area contributed by atoms with Gasteiger partial charge in [-0.3, -0.25) is 0 Å². The molecule has 0 radical (unpaired) electrons. The van der Waals surface area contributed by atoms with Gasteiger partial charge in [-0.25, -0.2) is 4.39 Å². The Kier molecular flexibility index (Phi) is 4.05. The van der Waals surface area contributed by atoms with Crippen molar-refractivity contribution >= 4 is 11.4 Å². The SMILES string of the molecule is CC(Nc1ccccc1N(C)C)c1cccc(F)c1. The van der Waals surface area contributed by atoms with Crippen LogP contribution in [0.5, 0.6) is 0 Å². The van der Waals surface area contributed by atoms with Crippen molar-refractivity contribution in [2.75, 3.05) is 24.3 Å². The van der Waals surface area contributed by atoms with Gasteiger partial charge in [0, 0.05) is 20.1 Å². The number of nitrogens with one attached hydrogen (secondary N) is 1. The first kappa shape index (κ1) is 13.4. The Balaban J connectivity index is 2.22. The normalized spacial score (nSPS) is 12.0. The molecule has 0 heterocycles. The second kappa shape index (κ2) is 5.74. The lowest BCUT2D eigenvalue weighted by molar-refractivity contribution is 0.623. The second-order valence-electron chi connectivity index (χ2n) is 4.83. The molecule has 0 aliphatic heterocycles. The van der Waals surface area contributed by atoms with Crippen LogP contribution in [0.2, 0.25) is 0 Å². The molecule has 0 fully saturated rings. The molecular weight excluding hydrogens is 239 g/mol. The van der Waals surface area contributed by atoms with E-state index in [0.29, 0.717) is 0 Å². The van der Waals surface area contributed by atoms with Crippen LogP contribution in [0.15, 0.2) is 48.5 Å². The summed E-state index contributed by atoms with van der Waals surface area (Å²) in [6, 6.07) is 14.8. The molecule has 1 N–H and O–H groups in total. The number of hydrogen-bond acceptors (Lipinski definition) is 2. The van der Waals surface area contributed by atoms with Gasteiger partial charge in [0.2, 0.25) is 0 Å². The van der Waals surface area contributed by atoms with E-state index in [1.807, 2.05) is 45.3 Å². The fraction of sp³-hybridized carbons (Fsp3) is 0.250. The molecule has 1 unspecified atom stereocenters. The quantitative estimate of drug-likeness (QED) is 0.889. The van der Waals surface area contributed by atoms with E-state index in [1.165, 1.54) is 6.07 Å². The first-order valence-corrected chi connectivity index (χ1v) is 6.36. The zero-order valence-corrected chi connectivity index (χ0v) is 11.5. The van der Waals surface area contributed by atoms with Crippen LogP contribution in [0.1, 0.15) is 18.5 Å². The minimum atomic E-state index is -0.202. The van der Waals surface area contributed by atoms with E-state index in [4.69, 9.17) is 0 Å². The molecule has 19 heavy (non-hydrogen) atoms. The molecule has 3 heteroatoms. The third kappa shape index (κ3) is 3.25. The molecule has 2 rings (SSSR count). The van der Waals surface area contributed by atoms with Gasteiger partial charge < -0.3 is 10.2 Å². The lowest BCUT2D eigenvalue weighted by Gasteiger charge is -2.22. The van der Waals surface area contributed by atoms with E-state index in [-0.39, 0.29) is 11.9 Å². The monoisotopic (exact) mass is 258 g/mol. The number of nitrogens with zero attached hydrogens (tertiary/aromatic N) is 1. The van der Waals surface area contributed by atoms with Crippen LogP contribution in [0, 0.1) is 5.82 Å². The van der Waals surface area contributed by atoms with Gasteiger partial charge in [0.25, 0.3) is 0 Å². The molecule has 2 aromatic carbocycles. The molecule has 0 aliphatic rings. The molecule has 0 aromatic heterocycles. The predicted octanol–water partition coefficient (Wildman–Crippen LogP) is 4.06. The van der Waals surface area contributed by atoms with Crippen molar-refractivity contribution in [3.05, 3.63) is 59.9 Å². The van der Waals surface area contributed by atoms with Crippen molar-refractivity contribution in [1.82, 2.24) is 0 Å². The van der Waals surface area contributed by atoms with E-state index >= 15 is 0 Å². The van der Waals surface area contributed by atoms with Crippen molar-refractivity contribution in [2.45, 2.75) is 13.0 Å². The van der Waals surface area contributed by atoms with Gasteiger partial charge in [0.1, 0.15) is 5.82 Å². The average molecular weight is 258 g/mol. The van der Waals surface area contributed by atoms with Gasteiger partial charge >= 0.3 is 0 Å². The van der Waals surface area contributed by atoms with Crippen LogP contribution in [0.3, 0.4) is 0 Å². The maximum atomic E-state index is 13.2. The molecule has 0 saturated heterocycles. The first-order valence-electron chi connectivity index (χ1n) is 6.36. The van der Waals surface area contributed by atoms with Crippen molar-refractivity contribution in [1.29, 1.82) is 0 Å². The zero-order valence-electron chi connectivity index (χ0n) is 11.5. The van der Waals surface area contributed by atoms with Crippen LogP contribution in [-0.2, 0) is 0 Å². The molecule has 100 valence electrons. The number of para-hydroxylation sites is 2. The highest BCUT2D eigenvalue weighted by molar-refractivity contribution is 5.69. The van der Waals surface area contributed by atoms with E-state index in [0.717, 1.165) is 16.9 Å². The summed E-state index contributed by atoms with van der Waals surface area (Å²) in [5.74, 6) is -0.202. The van der Waals surface area contributed by atoms with Crippen LogP contribution in [0.25, 0.3) is 0 Å². The van der Waals surface area contributed by atoms with Gasteiger partial charge in [-0.15, -0.1) is 0 Å². The van der Waals surface area contributed by atoms with Gasteiger partial charge in [0.15, 0.2) is 0 Å². The van der Waals surface area contributed by atoms with Gasteiger partial charge in [-0.1, -0.05) is 24.3 Å².